The van der Waals surface area contributed by atoms with Crippen LogP contribution < -0.4 is 5.73 Å². The number of alkyl halides is 3. The maximum Gasteiger partial charge on any atom is 0.401 e. The Labute approximate surface area is 117 Å². The molecule has 118 valence electrons. The molecule has 0 amide bonds. The van der Waals surface area contributed by atoms with Gasteiger partial charge in [-0.05, 0) is 40.0 Å². The lowest BCUT2D eigenvalue weighted by Crippen LogP contribution is -2.50. The van der Waals surface area contributed by atoms with E-state index < -0.39 is 24.2 Å². The third-order valence-electron chi connectivity index (χ3n) is 3.70. The zero-order chi connectivity index (χ0) is 15.6. The smallest absolute Gasteiger partial charge is 0.401 e. The highest BCUT2D eigenvalue weighted by Crippen LogP contribution is 2.34. The van der Waals surface area contributed by atoms with E-state index in [0.717, 1.165) is 0 Å². The van der Waals surface area contributed by atoms with E-state index in [9.17, 15) is 18.0 Å². The largest absolute Gasteiger partial charge is 0.465 e. The summed E-state index contributed by atoms with van der Waals surface area (Å²) in [6.45, 7) is 4.35. The predicted molar refractivity (Wildman–Crippen MR) is 69.1 cm³/mol. The quantitative estimate of drug-likeness (QED) is 0.789. The molecule has 0 radical (unpaired) electrons. The van der Waals surface area contributed by atoms with Crippen LogP contribution in [0.15, 0.2) is 0 Å². The van der Waals surface area contributed by atoms with E-state index in [1.54, 1.807) is 20.8 Å². The fourth-order valence-electron chi connectivity index (χ4n) is 2.73. The van der Waals surface area contributed by atoms with Gasteiger partial charge in [0.05, 0.1) is 13.2 Å². The fourth-order valence-corrected chi connectivity index (χ4v) is 2.73. The average Bonchev–Trinajstić information content (AvgIpc) is 2.69. The van der Waals surface area contributed by atoms with Crippen molar-refractivity contribution in [3.05, 3.63) is 0 Å². The minimum Gasteiger partial charge on any atom is -0.465 e. The van der Waals surface area contributed by atoms with E-state index in [2.05, 4.69) is 0 Å². The molecule has 2 unspecified atom stereocenters. The minimum absolute atomic E-state index is 0.208. The Bertz CT molecular complexity index is 347. The van der Waals surface area contributed by atoms with Crippen LogP contribution >= 0.6 is 0 Å². The van der Waals surface area contributed by atoms with Crippen LogP contribution in [0.25, 0.3) is 0 Å². The number of esters is 1. The molecule has 0 heterocycles. The molecule has 1 aliphatic rings. The first kappa shape index (κ1) is 17.2. The van der Waals surface area contributed by atoms with E-state index >= 15 is 0 Å². The summed E-state index contributed by atoms with van der Waals surface area (Å²) < 4.78 is 42.8. The van der Waals surface area contributed by atoms with Crippen molar-refractivity contribution in [2.75, 3.05) is 13.2 Å². The molecule has 1 fully saturated rings. The lowest BCUT2D eigenvalue weighted by atomic mass is 9.99. The van der Waals surface area contributed by atoms with Gasteiger partial charge in [0.2, 0.25) is 0 Å². The fraction of sp³-hybridized carbons (Fsp3) is 0.923. The Morgan fingerprint density at radius 1 is 1.50 bits per heavy atom. The topological polar surface area (TPSA) is 55.6 Å². The van der Waals surface area contributed by atoms with Crippen LogP contribution in [0.2, 0.25) is 0 Å². The van der Waals surface area contributed by atoms with Crippen LogP contribution in [0, 0.1) is 0 Å². The predicted octanol–water partition coefficient (Wildman–Crippen LogP) is 2.07. The molecule has 0 aromatic carbocycles. The van der Waals surface area contributed by atoms with Crippen LogP contribution in [-0.2, 0) is 9.53 Å². The van der Waals surface area contributed by atoms with Gasteiger partial charge in [0.25, 0.3) is 0 Å². The van der Waals surface area contributed by atoms with Crippen molar-refractivity contribution in [2.24, 2.45) is 5.73 Å². The molecule has 1 rings (SSSR count). The third-order valence-corrected chi connectivity index (χ3v) is 3.70. The molecule has 4 nitrogen and oxygen atoms in total. The molecular formula is C13H23F3N2O2. The van der Waals surface area contributed by atoms with Gasteiger partial charge in [0, 0.05) is 12.1 Å². The molecular weight excluding hydrogens is 273 g/mol. The molecule has 0 aromatic heterocycles. The molecule has 0 bridgehead atoms. The second-order valence-corrected chi connectivity index (χ2v) is 5.65. The van der Waals surface area contributed by atoms with E-state index in [1.807, 2.05) is 0 Å². The van der Waals surface area contributed by atoms with Crippen LogP contribution in [-0.4, -0.2) is 47.8 Å². The summed E-state index contributed by atoms with van der Waals surface area (Å²) in [5.41, 5.74) is 4.84. The normalized spacial score (nSPS) is 27.4. The summed E-state index contributed by atoms with van der Waals surface area (Å²) >= 11 is 0. The highest BCUT2D eigenvalue weighted by atomic mass is 19.4. The second-order valence-electron chi connectivity index (χ2n) is 5.65. The minimum atomic E-state index is -4.26. The van der Waals surface area contributed by atoms with Crippen molar-refractivity contribution < 1.29 is 22.7 Å². The maximum absolute atomic E-state index is 12.6. The van der Waals surface area contributed by atoms with Gasteiger partial charge in [-0.1, -0.05) is 0 Å². The number of hydrogen-bond acceptors (Lipinski definition) is 4. The number of nitrogens with zero attached hydrogens (tertiary/aromatic N) is 1. The zero-order valence-corrected chi connectivity index (χ0v) is 12.2. The molecule has 1 saturated carbocycles. The summed E-state index contributed by atoms with van der Waals surface area (Å²) in [6.07, 6.45) is -3.21. The Morgan fingerprint density at radius 3 is 2.55 bits per heavy atom. The van der Waals surface area contributed by atoms with Crippen molar-refractivity contribution in [1.29, 1.82) is 0 Å². The standard InChI is InChI=1S/C13H23F3N2O2/c1-4-20-11(19)12(17)6-5-10(7-12)18(9(2)3)8-13(14,15)16/h9-10H,4-8,17H2,1-3H3. The van der Waals surface area contributed by atoms with Gasteiger partial charge in [-0.3, -0.25) is 9.69 Å². The summed E-state index contributed by atoms with van der Waals surface area (Å²) in [5, 5.41) is 0. The van der Waals surface area contributed by atoms with Crippen molar-refractivity contribution in [1.82, 2.24) is 4.90 Å². The third kappa shape index (κ3) is 4.34. The average molecular weight is 296 g/mol. The molecule has 0 aromatic rings. The van der Waals surface area contributed by atoms with E-state index in [0.29, 0.717) is 12.8 Å². The van der Waals surface area contributed by atoms with Gasteiger partial charge in [-0.15, -0.1) is 0 Å². The molecule has 0 saturated heterocycles. The summed E-state index contributed by atoms with van der Waals surface area (Å²) in [5.74, 6) is -0.516. The first-order valence-electron chi connectivity index (χ1n) is 6.87. The number of ether oxygens (including phenoxy) is 1. The Morgan fingerprint density at radius 2 is 2.10 bits per heavy atom. The Balaban J connectivity index is 2.75. The van der Waals surface area contributed by atoms with E-state index in [-0.39, 0.29) is 25.1 Å². The molecule has 20 heavy (non-hydrogen) atoms. The molecule has 7 heteroatoms. The van der Waals surface area contributed by atoms with Crippen LogP contribution in [0.3, 0.4) is 0 Å². The second kappa shape index (κ2) is 6.30. The number of nitrogens with two attached hydrogens (primary N) is 1. The van der Waals surface area contributed by atoms with Gasteiger partial charge < -0.3 is 10.5 Å². The first-order chi connectivity index (χ1) is 9.09. The molecule has 2 N–H and O–H groups in total. The Hall–Kier alpha value is -0.820. The van der Waals surface area contributed by atoms with Crippen molar-refractivity contribution in [3.8, 4) is 0 Å². The van der Waals surface area contributed by atoms with Crippen LogP contribution in [0.4, 0.5) is 13.2 Å². The number of rotatable bonds is 5. The van der Waals surface area contributed by atoms with Crippen molar-refractivity contribution in [2.45, 2.75) is 63.8 Å². The monoisotopic (exact) mass is 296 g/mol. The molecule has 1 aliphatic carbocycles. The van der Waals surface area contributed by atoms with Crippen LogP contribution in [0.5, 0.6) is 0 Å². The highest BCUT2D eigenvalue weighted by molar-refractivity contribution is 5.81. The number of carbonyl (C=O) groups excluding carboxylic acids is 1. The van der Waals surface area contributed by atoms with Crippen LogP contribution in [0.1, 0.15) is 40.0 Å². The number of carbonyl (C=O) groups is 1. The first-order valence-corrected chi connectivity index (χ1v) is 6.87. The number of halogens is 3. The number of hydrogen-bond donors (Lipinski definition) is 1. The van der Waals surface area contributed by atoms with Gasteiger partial charge in [-0.25, -0.2) is 0 Å². The summed E-state index contributed by atoms with van der Waals surface area (Å²) in [4.78, 5) is 13.2. The molecule has 0 spiro atoms. The van der Waals surface area contributed by atoms with Crippen molar-refractivity contribution >= 4 is 5.97 Å². The van der Waals surface area contributed by atoms with E-state index in [4.69, 9.17) is 10.5 Å². The van der Waals surface area contributed by atoms with Crippen molar-refractivity contribution in [3.63, 3.8) is 0 Å². The highest BCUT2D eigenvalue weighted by Gasteiger charge is 2.47. The van der Waals surface area contributed by atoms with Gasteiger partial charge >= 0.3 is 12.1 Å². The molecule has 2 atom stereocenters. The van der Waals surface area contributed by atoms with Gasteiger partial charge in [-0.2, -0.15) is 13.2 Å². The van der Waals surface area contributed by atoms with Gasteiger partial charge in [0.1, 0.15) is 5.54 Å². The maximum atomic E-state index is 12.6. The summed E-state index contributed by atoms with van der Waals surface area (Å²) in [6, 6.07) is -0.600. The molecule has 0 aliphatic heterocycles. The lowest BCUT2D eigenvalue weighted by molar-refractivity contribution is -0.156. The van der Waals surface area contributed by atoms with E-state index in [1.165, 1.54) is 4.90 Å². The zero-order valence-electron chi connectivity index (χ0n) is 12.2. The SMILES string of the molecule is CCOC(=O)C1(N)CCC(N(CC(F)(F)F)C(C)C)C1. The lowest BCUT2D eigenvalue weighted by Gasteiger charge is -2.34. The Kier molecular flexibility index (Phi) is 5.43. The summed E-state index contributed by atoms with van der Waals surface area (Å²) in [7, 11) is 0. The van der Waals surface area contributed by atoms with Gasteiger partial charge in [0.15, 0.2) is 0 Å².